The summed E-state index contributed by atoms with van der Waals surface area (Å²) in [6.07, 6.45) is 0.940. The molecule has 0 aromatic rings. The van der Waals surface area contributed by atoms with E-state index in [0.717, 1.165) is 0 Å². The van der Waals surface area contributed by atoms with Crippen molar-refractivity contribution in [2.24, 2.45) is 0 Å². The predicted octanol–water partition coefficient (Wildman–Crippen LogP) is 1.85. The van der Waals surface area contributed by atoms with Crippen LogP contribution in [0.1, 0.15) is 20.8 Å². The van der Waals surface area contributed by atoms with Gasteiger partial charge in [0.15, 0.2) is 0 Å². The van der Waals surface area contributed by atoms with Crippen molar-refractivity contribution >= 4 is 6.09 Å². The maximum atomic E-state index is 11.5. The molecule has 0 aliphatic carbocycles. The molecule has 15 heteroatoms. The van der Waals surface area contributed by atoms with E-state index >= 15 is 0 Å². The van der Waals surface area contributed by atoms with Crippen LogP contribution in [0.3, 0.4) is 0 Å². The molecule has 1 amide bonds. The summed E-state index contributed by atoms with van der Waals surface area (Å²) in [7, 11) is 0. The Hall–Kier alpha value is -1.63. The van der Waals surface area contributed by atoms with Gasteiger partial charge in [-0.2, -0.15) is 0 Å². The van der Waals surface area contributed by atoms with Crippen molar-refractivity contribution in [1.29, 1.82) is 0 Å². The highest BCUT2D eigenvalue weighted by molar-refractivity contribution is 5.67. The molecule has 0 radical (unpaired) electrons. The van der Waals surface area contributed by atoms with Crippen LogP contribution in [0.5, 0.6) is 0 Å². The summed E-state index contributed by atoms with van der Waals surface area (Å²) >= 11 is 0. The van der Waals surface area contributed by atoms with Crippen LogP contribution in [0.4, 0.5) is 4.79 Å². The van der Waals surface area contributed by atoms with Crippen LogP contribution >= 0.6 is 0 Å². The first kappa shape index (κ1) is 44.4. The average Bonchev–Trinajstić information content (AvgIpc) is 3.01. The Kier molecular flexibility index (Phi) is 34.9. The Balaban J connectivity index is 3.09. The summed E-state index contributed by atoms with van der Waals surface area (Å²) in [4.78, 5) is 11.5. The molecule has 0 fully saturated rings. The molecule has 0 spiro atoms. The second kappa shape index (κ2) is 36.2. The Morgan fingerprint density at radius 1 is 0.457 bits per heavy atom. The van der Waals surface area contributed by atoms with Crippen LogP contribution in [0.15, 0.2) is 12.8 Å². The van der Waals surface area contributed by atoms with E-state index in [2.05, 4.69) is 11.9 Å². The van der Waals surface area contributed by atoms with Gasteiger partial charge in [0, 0.05) is 6.54 Å². The van der Waals surface area contributed by atoms with Crippen molar-refractivity contribution in [1.82, 2.24) is 5.32 Å². The van der Waals surface area contributed by atoms with Gasteiger partial charge in [-0.15, -0.1) is 0 Å². The predicted molar refractivity (Wildman–Crippen MR) is 169 cm³/mol. The Bertz CT molecular complexity index is 639. The van der Waals surface area contributed by atoms with Crippen molar-refractivity contribution in [2.45, 2.75) is 26.4 Å². The van der Waals surface area contributed by atoms with Crippen molar-refractivity contribution in [3.05, 3.63) is 12.8 Å². The van der Waals surface area contributed by atoms with Gasteiger partial charge in [-0.25, -0.2) is 4.79 Å². The fraction of sp³-hybridized carbons (Fsp3) is 0.903. The van der Waals surface area contributed by atoms with Crippen LogP contribution in [-0.4, -0.2) is 170 Å². The van der Waals surface area contributed by atoms with Gasteiger partial charge in [0.05, 0.1) is 152 Å². The third kappa shape index (κ3) is 40.4. The zero-order valence-corrected chi connectivity index (χ0v) is 28.5. The molecule has 1 N–H and O–H groups in total. The molecule has 0 rings (SSSR count). The highest BCUT2D eigenvalue weighted by Gasteiger charge is 2.15. The van der Waals surface area contributed by atoms with E-state index in [1.807, 2.05) is 20.8 Å². The lowest BCUT2D eigenvalue weighted by molar-refractivity contribution is -0.0278. The lowest BCUT2D eigenvalue weighted by atomic mass is 10.2. The molecular formula is C31H61NO14. The second-order valence-corrected chi connectivity index (χ2v) is 10.2. The highest BCUT2D eigenvalue weighted by Crippen LogP contribution is 2.06. The molecule has 0 aromatic carbocycles. The smallest absolute Gasteiger partial charge is 0.407 e. The number of rotatable bonds is 37. The van der Waals surface area contributed by atoms with Gasteiger partial charge in [-0.1, -0.05) is 6.58 Å². The van der Waals surface area contributed by atoms with E-state index < -0.39 is 11.7 Å². The zero-order valence-electron chi connectivity index (χ0n) is 28.5. The third-order valence-corrected chi connectivity index (χ3v) is 5.10. The SMILES string of the molecule is C=COCCOCCOCCOCCOCCOCCOCCOCCOCCOCCOCCOCCNC(=O)OC(C)(C)C. The largest absolute Gasteiger partial charge is 0.499 e. The lowest BCUT2D eigenvalue weighted by Crippen LogP contribution is -2.34. The van der Waals surface area contributed by atoms with Gasteiger partial charge in [-0.05, 0) is 20.8 Å². The van der Waals surface area contributed by atoms with Gasteiger partial charge in [0.2, 0.25) is 0 Å². The van der Waals surface area contributed by atoms with Crippen molar-refractivity contribution in [3.63, 3.8) is 0 Å². The van der Waals surface area contributed by atoms with E-state index in [-0.39, 0.29) is 0 Å². The third-order valence-electron chi connectivity index (χ3n) is 5.10. The first-order valence-corrected chi connectivity index (χ1v) is 16.0. The standard InChI is InChI=1S/C31H61NO14/c1-5-34-8-9-36-12-13-38-16-17-40-20-21-42-24-25-44-28-29-45-27-26-43-23-22-41-19-18-39-15-14-37-11-10-35-7-6-32-30(33)46-31(2,3)4/h5H,1,6-29H2,2-4H3,(H,32,33). The molecule has 0 atom stereocenters. The van der Waals surface area contributed by atoms with Crippen LogP contribution in [0.25, 0.3) is 0 Å². The molecule has 15 nitrogen and oxygen atoms in total. The fourth-order valence-corrected chi connectivity index (χ4v) is 3.03. The van der Waals surface area contributed by atoms with Crippen molar-refractivity contribution < 1.29 is 66.4 Å². The van der Waals surface area contributed by atoms with Crippen LogP contribution in [0.2, 0.25) is 0 Å². The summed E-state index contributed by atoms with van der Waals surface area (Å²) in [5.74, 6) is 0. The molecule has 0 unspecified atom stereocenters. The number of nitrogens with one attached hydrogen (secondary N) is 1. The van der Waals surface area contributed by atoms with E-state index in [4.69, 9.17) is 61.6 Å². The lowest BCUT2D eigenvalue weighted by Gasteiger charge is -2.19. The van der Waals surface area contributed by atoms with Crippen LogP contribution in [-0.2, 0) is 61.6 Å². The van der Waals surface area contributed by atoms with E-state index in [1.54, 1.807) is 0 Å². The molecule has 46 heavy (non-hydrogen) atoms. The van der Waals surface area contributed by atoms with E-state index in [0.29, 0.717) is 159 Å². The maximum Gasteiger partial charge on any atom is 0.407 e. The van der Waals surface area contributed by atoms with Crippen LogP contribution < -0.4 is 5.32 Å². The number of amides is 1. The zero-order chi connectivity index (χ0) is 33.7. The monoisotopic (exact) mass is 671 g/mol. The fourth-order valence-electron chi connectivity index (χ4n) is 3.03. The summed E-state index contributed by atoms with van der Waals surface area (Å²) in [6.45, 7) is 20.6. The molecule has 0 aliphatic rings. The number of hydrogen-bond donors (Lipinski definition) is 1. The molecule has 0 aromatic heterocycles. The second-order valence-electron chi connectivity index (χ2n) is 10.2. The summed E-state index contributed by atoms with van der Waals surface area (Å²) in [5, 5.41) is 2.63. The van der Waals surface area contributed by atoms with Crippen molar-refractivity contribution in [3.8, 4) is 0 Å². The maximum absolute atomic E-state index is 11.5. The molecule has 0 saturated carbocycles. The van der Waals surface area contributed by atoms with Gasteiger partial charge < -0.3 is 66.9 Å². The summed E-state index contributed by atoms with van der Waals surface area (Å²) in [6, 6.07) is 0. The highest BCUT2D eigenvalue weighted by atomic mass is 16.6. The van der Waals surface area contributed by atoms with Gasteiger partial charge in [0.25, 0.3) is 0 Å². The number of ether oxygens (including phenoxy) is 13. The molecule has 0 aliphatic heterocycles. The van der Waals surface area contributed by atoms with Crippen molar-refractivity contribution in [2.75, 3.05) is 159 Å². The van der Waals surface area contributed by atoms with Gasteiger partial charge in [-0.3, -0.25) is 0 Å². The van der Waals surface area contributed by atoms with Crippen LogP contribution in [0, 0.1) is 0 Å². The summed E-state index contributed by atoms with van der Waals surface area (Å²) < 4.78 is 69.8. The minimum atomic E-state index is -0.512. The van der Waals surface area contributed by atoms with E-state index in [1.165, 1.54) is 6.26 Å². The first-order valence-electron chi connectivity index (χ1n) is 16.0. The Labute approximate surface area is 275 Å². The number of carbonyl (C=O) groups excluding carboxylic acids is 1. The first-order chi connectivity index (χ1) is 22.5. The minimum Gasteiger partial charge on any atom is -0.499 e. The molecule has 0 bridgehead atoms. The molecule has 274 valence electrons. The van der Waals surface area contributed by atoms with Gasteiger partial charge >= 0.3 is 6.09 Å². The Morgan fingerprint density at radius 2 is 0.696 bits per heavy atom. The quantitative estimate of drug-likeness (QED) is 0.0756. The normalized spacial score (nSPS) is 11.5. The Morgan fingerprint density at radius 3 is 0.935 bits per heavy atom. The topological polar surface area (TPSA) is 149 Å². The number of carbonyl (C=O) groups is 1. The minimum absolute atomic E-state index is 0.382. The molecule has 0 heterocycles. The van der Waals surface area contributed by atoms with Gasteiger partial charge in [0.1, 0.15) is 12.2 Å². The number of hydrogen-bond acceptors (Lipinski definition) is 14. The molecule has 0 saturated heterocycles. The average molecular weight is 672 g/mol. The molecular weight excluding hydrogens is 610 g/mol. The summed E-state index contributed by atoms with van der Waals surface area (Å²) in [5.41, 5.74) is -0.512. The number of alkyl carbamates (subject to hydrolysis) is 1. The van der Waals surface area contributed by atoms with E-state index in [9.17, 15) is 4.79 Å².